The molecule has 5 nitrogen and oxygen atoms in total. The van der Waals surface area contributed by atoms with Crippen LogP contribution in [0.5, 0.6) is 0 Å². The molecule has 140 valence electrons. The molecule has 1 aromatic heterocycles. The predicted octanol–water partition coefficient (Wildman–Crippen LogP) is 4.45. The number of carbonyl (C=O) groups is 1. The lowest BCUT2D eigenvalue weighted by Gasteiger charge is -2.02. The summed E-state index contributed by atoms with van der Waals surface area (Å²) in [5, 5.41) is 10.2. The van der Waals surface area contributed by atoms with Gasteiger partial charge in [-0.2, -0.15) is 0 Å². The molecule has 0 saturated carbocycles. The molecule has 2 aromatic carbocycles. The van der Waals surface area contributed by atoms with Gasteiger partial charge < -0.3 is 4.42 Å². The third-order valence-electron chi connectivity index (χ3n) is 3.61. The van der Waals surface area contributed by atoms with Gasteiger partial charge in [-0.3, -0.25) is 10.1 Å². The van der Waals surface area contributed by atoms with Crippen LogP contribution in [-0.2, 0) is 11.2 Å². The van der Waals surface area contributed by atoms with Crippen LogP contribution in [0.1, 0.15) is 24.3 Å². The first-order valence-electron chi connectivity index (χ1n) is 8.33. The number of hydrogen-bond acceptors (Lipinski definition) is 5. The molecule has 0 spiro atoms. The first-order chi connectivity index (χ1) is 13.1. The molecule has 3 aromatic rings. The van der Waals surface area contributed by atoms with Crippen molar-refractivity contribution in [1.82, 2.24) is 10.2 Å². The van der Waals surface area contributed by atoms with Crippen molar-refractivity contribution in [3.63, 3.8) is 0 Å². The third kappa shape index (κ3) is 6.18. The Bertz CT molecular complexity index is 883. The first kappa shape index (κ1) is 19.0. The summed E-state index contributed by atoms with van der Waals surface area (Å²) in [6.45, 7) is 0. The molecule has 0 saturated heterocycles. The van der Waals surface area contributed by atoms with Crippen molar-refractivity contribution in [3.05, 3.63) is 71.6 Å². The van der Waals surface area contributed by atoms with E-state index in [1.54, 1.807) is 36.0 Å². The summed E-state index contributed by atoms with van der Waals surface area (Å²) in [5.41, 5.74) is 0.829. The number of amides is 1. The highest BCUT2D eigenvalue weighted by Gasteiger charge is 2.10. The number of anilines is 1. The Morgan fingerprint density at radius 3 is 2.37 bits per heavy atom. The van der Waals surface area contributed by atoms with E-state index >= 15 is 0 Å². The number of halogens is 2. The fourth-order valence-electron chi connectivity index (χ4n) is 2.29. The zero-order valence-corrected chi connectivity index (χ0v) is 15.1. The molecule has 1 amide bonds. The largest absolute Gasteiger partial charge is 0.407 e. The molecule has 0 radical (unpaired) electrons. The second kappa shape index (κ2) is 9.27. The third-order valence-corrected chi connectivity index (χ3v) is 4.71. The number of rotatable bonds is 8. The second-order valence-corrected chi connectivity index (χ2v) is 6.93. The highest BCUT2D eigenvalue weighted by Crippen LogP contribution is 2.19. The second-order valence-electron chi connectivity index (χ2n) is 5.76. The molecule has 0 aliphatic heterocycles. The number of carbonyl (C=O) groups excluding carboxylic acids is 1. The van der Waals surface area contributed by atoms with E-state index in [0.29, 0.717) is 25.2 Å². The maximum Gasteiger partial charge on any atom is 0.322 e. The molecule has 1 heterocycles. The summed E-state index contributed by atoms with van der Waals surface area (Å²) >= 11 is 1.56. The van der Waals surface area contributed by atoms with E-state index in [1.165, 1.54) is 24.3 Å². The number of thioether (sulfide) groups is 1. The monoisotopic (exact) mass is 389 g/mol. The molecule has 0 aliphatic carbocycles. The average molecular weight is 389 g/mol. The van der Waals surface area contributed by atoms with Crippen LogP contribution in [-0.4, -0.2) is 21.9 Å². The van der Waals surface area contributed by atoms with Gasteiger partial charge in [-0.1, -0.05) is 17.2 Å². The van der Waals surface area contributed by atoms with Crippen molar-refractivity contribution in [2.24, 2.45) is 0 Å². The van der Waals surface area contributed by atoms with Gasteiger partial charge in [0.05, 0.1) is 6.42 Å². The Hall–Kier alpha value is -2.74. The van der Waals surface area contributed by atoms with Crippen LogP contribution in [0.4, 0.5) is 14.8 Å². The van der Waals surface area contributed by atoms with Gasteiger partial charge in [0.1, 0.15) is 11.6 Å². The minimum Gasteiger partial charge on any atom is -0.407 e. The molecule has 1 N–H and O–H groups in total. The van der Waals surface area contributed by atoms with E-state index in [-0.39, 0.29) is 23.6 Å². The van der Waals surface area contributed by atoms with Crippen molar-refractivity contribution in [2.75, 3.05) is 11.1 Å². The summed E-state index contributed by atoms with van der Waals surface area (Å²) < 4.78 is 31.1. The van der Waals surface area contributed by atoms with Crippen molar-refractivity contribution < 1.29 is 18.0 Å². The maximum absolute atomic E-state index is 12.9. The zero-order valence-electron chi connectivity index (χ0n) is 14.3. The van der Waals surface area contributed by atoms with Gasteiger partial charge in [0.2, 0.25) is 11.8 Å². The number of nitrogens with one attached hydrogen (secondary N) is 1. The van der Waals surface area contributed by atoms with Crippen molar-refractivity contribution in [1.29, 1.82) is 0 Å². The van der Waals surface area contributed by atoms with Crippen LogP contribution in [0.25, 0.3) is 0 Å². The van der Waals surface area contributed by atoms with Crippen LogP contribution in [0.2, 0.25) is 0 Å². The Morgan fingerprint density at radius 2 is 1.67 bits per heavy atom. The van der Waals surface area contributed by atoms with Gasteiger partial charge in [0, 0.05) is 11.3 Å². The lowest BCUT2D eigenvalue weighted by Crippen LogP contribution is -2.11. The molecule has 0 bridgehead atoms. The van der Waals surface area contributed by atoms with E-state index in [1.807, 2.05) is 0 Å². The van der Waals surface area contributed by atoms with E-state index in [4.69, 9.17) is 4.42 Å². The van der Waals surface area contributed by atoms with E-state index in [2.05, 4.69) is 15.5 Å². The Kier molecular flexibility index (Phi) is 6.54. The SMILES string of the molecule is O=C(CCCSc1ccc(F)cc1)Nc1nnc(Cc2ccc(F)cc2)o1. The normalized spacial score (nSPS) is 10.7. The summed E-state index contributed by atoms with van der Waals surface area (Å²) in [7, 11) is 0. The van der Waals surface area contributed by atoms with Crippen LogP contribution < -0.4 is 5.32 Å². The van der Waals surface area contributed by atoms with Gasteiger partial charge in [-0.05, 0) is 54.1 Å². The van der Waals surface area contributed by atoms with Crippen LogP contribution in [0.15, 0.2) is 57.8 Å². The summed E-state index contributed by atoms with van der Waals surface area (Å²) in [4.78, 5) is 12.9. The lowest BCUT2D eigenvalue weighted by atomic mass is 10.1. The highest BCUT2D eigenvalue weighted by molar-refractivity contribution is 7.99. The Labute approximate surface area is 159 Å². The van der Waals surface area contributed by atoms with Gasteiger partial charge in [0.25, 0.3) is 0 Å². The molecule has 8 heteroatoms. The first-order valence-corrected chi connectivity index (χ1v) is 9.32. The minimum absolute atomic E-state index is 0.0447. The fraction of sp³-hybridized carbons (Fsp3) is 0.211. The molecule has 27 heavy (non-hydrogen) atoms. The number of hydrogen-bond donors (Lipinski definition) is 1. The number of aromatic nitrogens is 2. The maximum atomic E-state index is 12.9. The average Bonchev–Trinajstić information content (AvgIpc) is 3.09. The topological polar surface area (TPSA) is 68.0 Å². The molecule has 0 unspecified atom stereocenters. The van der Waals surface area contributed by atoms with E-state index in [0.717, 1.165) is 16.2 Å². The van der Waals surface area contributed by atoms with Gasteiger partial charge in [0.15, 0.2) is 0 Å². The summed E-state index contributed by atoms with van der Waals surface area (Å²) in [5.74, 6) is 0.279. The quantitative estimate of drug-likeness (QED) is 0.455. The molecule has 0 atom stereocenters. The van der Waals surface area contributed by atoms with Crippen LogP contribution >= 0.6 is 11.8 Å². The van der Waals surface area contributed by atoms with Gasteiger partial charge >= 0.3 is 6.01 Å². The Balaban J connectivity index is 1.39. The van der Waals surface area contributed by atoms with Gasteiger partial charge in [-0.25, -0.2) is 8.78 Å². The van der Waals surface area contributed by atoms with E-state index < -0.39 is 0 Å². The van der Waals surface area contributed by atoms with Crippen molar-refractivity contribution in [3.8, 4) is 0 Å². The highest BCUT2D eigenvalue weighted by atomic mass is 32.2. The van der Waals surface area contributed by atoms with Crippen LogP contribution in [0, 0.1) is 11.6 Å². The van der Waals surface area contributed by atoms with E-state index in [9.17, 15) is 13.6 Å². The van der Waals surface area contributed by atoms with Crippen LogP contribution in [0.3, 0.4) is 0 Å². The van der Waals surface area contributed by atoms with Gasteiger partial charge in [-0.15, -0.1) is 16.9 Å². The number of nitrogens with zero attached hydrogens (tertiary/aromatic N) is 2. The molecular formula is C19H17F2N3O2S. The molecule has 0 aliphatic rings. The molecular weight excluding hydrogens is 372 g/mol. The molecule has 0 fully saturated rings. The Morgan fingerprint density at radius 1 is 1.00 bits per heavy atom. The lowest BCUT2D eigenvalue weighted by molar-refractivity contribution is -0.116. The fourth-order valence-corrected chi connectivity index (χ4v) is 3.14. The summed E-state index contributed by atoms with van der Waals surface area (Å²) in [6.07, 6.45) is 1.33. The standard InChI is InChI=1S/C19H17F2N3O2S/c20-14-5-3-13(4-6-14)12-18-23-24-19(26-18)22-17(25)2-1-11-27-16-9-7-15(21)8-10-16/h3-10H,1-2,11-12H2,(H,22,24,25). The predicted molar refractivity (Wildman–Crippen MR) is 98.5 cm³/mol. The van der Waals surface area contributed by atoms with Crippen molar-refractivity contribution >= 4 is 23.7 Å². The molecule has 3 rings (SSSR count). The number of benzene rings is 2. The smallest absolute Gasteiger partial charge is 0.322 e. The van der Waals surface area contributed by atoms with Crippen molar-refractivity contribution in [2.45, 2.75) is 24.2 Å². The summed E-state index contributed by atoms with van der Waals surface area (Å²) in [6, 6.07) is 12.3. The minimum atomic E-state index is -0.310. The zero-order chi connectivity index (χ0) is 19.1.